The highest BCUT2D eigenvalue weighted by Crippen LogP contribution is 2.32. The lowest BCUT2D eigenvalue weighted by Gasteiger charge is -2.21. The minimum Gasteiger partial charge on any atom is -0.368 e. The van der Waals surface area contributed by atoms with Crippen molar-refractivity contribution in [2.24, 2.45) is 5.92 Å². The lowest BCUT2D eigenvalue weighted by atomic mass is 10.0. The molecule has 2 aliphatic heterocycles. The van der Waals surface area contributed by atoms with Gasteiger partial charge >= 0.3 is 0 Å². The van der Waals surface area contributed by atoms with Gasteiger partial charge in [-0.05, 0) is 20.3 Å². The Kier molecular flexibility index (Phi) is 2.32. The highest BCUT2D eigenvalue weighted by molar-refractivity contribution is 4.82. The van der Waals surface area contributed by atoms with Crippen LogP contribution in [0.3, 0.4) is 0 Å². The summed E-state index contributed by atoms with van der Waals surface area (Å²) in [6, 6.07) is 0. The predicted octanol–water partition coefficient (Wildman–Crippen LogP) is 0.493. The average Bonchev–Trinajstić information content (AvgIpc) is 2.56. The van der Waals surface area contributed by atoms with E-state index < -0.39 is 12.1 Å². The topological polar surface area (TPSA) is 47.9 Å². The molecule has 4 nitrogen and oxygen atoms in total. The van der Waals surface area contributed by atoms with E-state index in [-0.39, 0.29) is 12.0 Å². The molecule has 0 spiro atoms. The fourth-order valence-corrected chi connectivity index (χ4v) is 1.89. The second-order valence-electron chi connectivity index (χ2n) is 4.08. The van der Waals surface area contributed by atoms with E-state index in [0.29, 0.717) is 13.2 Å². The summed E-state index contributed by atoms with van der Waals surface area (Å²) in [6.07, 6.45) is 0.153. The third-order valence-corrected chi connectivity index (χ3v) is 2.61. The summed E-state index contributed by atoms with van der Waals surface area (Å²) in [5, 5.41) is 9.46. The van der Waals surface area contributed by atoms with Gasteiger partial charge in [-0.3, -0.25) is 0 Å². The molecule has 2 heterocycles. The highest BCUT2D eigenvalue weighted by atomic mass is 16.7. The van der Waals surface area contributed by atoms with E-state index in [9.17, 15) is 5.11 Å². The highest BCUT2D eigenvalue weighted by Gasteiger charge is 2.42. The van der Waals surface area contributed by atoms with Crippen LogP contribution in [0.25, 0.3) is 0 Å². The van der Waals surface area contributed by atoms with Gasteiger partial charge in [-0.25, -0.2) is 0 Å². The molecule has 2 aliphatic rings. The molecular formula is C9H16O4. The van der Waals surface area contributed by atoms with Crippen molar-refractivity contribution in [3.8, 4) is 0 Å². The molecule has 0 saturated carbocycles. The van der Waals surface area contributed by atoms with Crippen LogP contribution < -0.4 is 0 Å². The fourth-order valence-electron chi connectivity index (χ4n) is 1.89. The number of hydrogen-bond acceptors (Lipinski definition) is 4. The molecule has 13 heavy (non-hydrogen) atoms. The Balaban J connectivity index is 1.95. The average molecular weight is 188 g/mol. The molecule has 0 aromatic carbocycles. The second-order valence-corrected chi connectivity index (χ2v) is 4.08. The minimum absolute atomic E-state index is 0.0208. The van der Waals surface area contributed by atoms with Crippen LogP contribution >= 0.6 is 0 Å². The Morgan fingerprint density at radius 1 is 1.38 bits per heavy atom. The molecule has 0 aliphatic carbocycles. The Morgan fingerprint density at radius 2 is 2.15 bits per heavy atom. The van der Waals surface area contributed by atoms with E-state index in [1.54, 1.807) is 0 Å². The lowest BCUT2D eigenvalue weighted by molar-refractivity contribution is -0.160. The van der Waals surface area contributed by atoms with Crippen molar-refractivity contribution in [2.45, 2.75) is 38.4 Å². The minimum atomic E-state index is -0.678. The third-order valence-electron chi connectivity index (χ3n) is 2.61. The Hall–Kier alpha value is -0.160. The molecule has 0 bridgehead atoms. The van der Waals surface area contributed by atoms with Crippen LogP contribution in [0, 0.1) is 5.92 Å². The van der Waals surface area contributed by atoms with Gasteiger partial charge in [0.25, 0.3) is 0 Å². The molecule has 2 saturated heterocycles. The first-order chi connectivity index (χ1) is 6.08. The quantitative estimate of drug-likeness (QED) is 0.650. The molecule has 1 N–H and O–H groups in total. The van der Waals surface area contributed by atoms with Crippen LogP contribution in [0.5, 0.6) is 0 Å². The van der Waals surface area contributed by atoms with Gasteiger partial charge in [-0.15, -0.1) is 0 Å². The molecule has 0 aromatic rings. The van der Waals surface area contributed by atoms with Crippen molar-refractivity contribution < 1.29 is 19.3 Å². The van der Waals surface area contributed by atoms with Crippen LogP contribution in [-0.4, -0.2) is 36.5 Å². The number of rotatable bonds is 1. The molecule has 76 valence electrons. The number of hydrogen-bond donors (Lipinski definition) is 1. The number of aliphatic hydroxyl groups is 1. The monoisotopic (exact) mass is 188 g/mol. The van der Waals surface area contributed by atoms with Crippen molar-refractivity contribution in [3.05, 3.63) is 0 Å². The van der Waals surface area contributed by atoms with Gasteiger partial charge in [-0.2, -0.15) is 0 Å². The van der Waals surface area contributed by atoms with Crippen molar-refractivity contribution in [2.75, 3.05) is 13.2 Å². The van der Waals surface area contributed by atoms with Crippen molar-refractivity contribution in [1.29, 1.82) is 0 Å². The summed E-state index contributed by atoms with van der Waals surface area (Å²) < 4.78 is 16.1. The van der Waals surface area contributed by atoms with Crippen molar-refractivity contribution in [1.82, 2.24) is 0 Å². The van der Waals surface area contributed by atoms with Crippen LogP contribution in [0.4, 0.5) is 0 Å². The molecule has 1 unspecified atom stereocenters. The van der Waals surface area contributed by atoms with E-state index in [4.69, 9.17) is 14.2 Å². The molecule has 4 heteroatoms. The largest absolute Gasteiger partial charge is 0.368 e. The van der Waals surface area contributed by atoms with E-state index in [1.165, 1.54) is 0 Å². The molecule has 0 amide bonds. The maximum absolute atomic E-state index is 9.46. The third kappa shape index (κ3) is 1.86. The van der Waals surface area contributed by atoms with Crippen LogP contribution in [-0.2, 0) is 14.2 Å². The molecule has 2 fully saturated rings. The molecule has 2 rings (SSSR count). The Labute approximate surface area is 77.8 Å². The lowest BCUT2D eigenvalue weighted by Crippen LogP contribution is -2.31. The summed E-state index contributed by atoms with van der Waals surface area (Å²) in [7, 11) is 0. The summed E-state index contributed by atoms with van der Waals surface area (Å²) in [5.41, 5.74) is 0. The summed E-state index contributed by atoms with van der Waals surface area (Å²) in [6.45, 7) is 4.94. The van der Waals surface area contributed by atoms with Gasteiger partial charge in [0.2, 0.25) is 0 Å². The van der Waals surface area contributed by atoms with E-state index >= 15 is 0 Å². The van der Waals surface area contributed by atoms with Crippen LogP contribution in [0.2, 0.25) is 0 Å². The number of aliphatic hydroxyl groups excluding tert-OH is 1. The smallest absolute Gasteiger partial charge is 0.163 e. The second kappa shape index (κ2) is 3.20. The first kappa shape index (κ1) is 9.40. The van der Waals surface area contributed by atoms with Gasteiger partial charge in [0.15, 0.2) is 12.1 Å². The zero-order valence-corrected chi connectivity index (χ0v) is 8.03. The van der Waals surface area contributed by atoms with Crippen LogP contribution in [0.1, 0.15) is 20.3 Å². The summed E-state index contributed by atoms with van der Waals surface area (Å²) in [4.78, 5) is 0. The zero-order valence-electron chi connectivity index (χ0n) is 8.03. The summed E-state index contributed by atoms with van der Waals surface area (Å²) in [5.74, 6) is -0.436. The van der Waals surface area contributed by atoms with Gasteiger partial charge in [0.05, 0.1) is 19.3 Å². The van der Waals surface area contributed by atoms with Gasteiger partial charge in [0.1, 0.15) is 0 Å². The van der Waals surface area contributed by atoms with E-state index in [1.807, 2.05) is 13.8 Å². The molecule has 0 aromatic heterocycles. The van der Waals surface area contributed by atoms with Gasteiger partial charge in [-0.1, -0.05) is 0 Å². The van der Waals surface area contributed by atoms with E-state index in [2.05, 4.69) is 0 Å². The molecule has 3 atom stereocenters. The normalized spacial score (nSPS) is 44.1. The van der Waals surface area contributed by atoms with Crippen LogP contribution in [0.15, 0.2) is 0 Å². The maximum atomic E-state index is 9.46. The number of ether oxygens (including phenoxy) is 3. The first-order valence-corrected chi connectivity index (χ1v) is 4.70. The van der Waals surface area contributed by atoms with Gasteiger partial charge < -0.3 is 19.3 Å². The molecule has 0 radical (unpaired) electrons. The van der Waals surface area contributed by atoms with Crippen molar-refractivity contribution >= 4 is 0 Å². The first-order valence-electron chi connectivity index (χ1n) is 4.70. The summed E-state index contributed by atoms with van der Waals surface area (Å²) >= 11 is 0. The standard InChI is InChI=1S/C9H16O4/c1-9(2)12-5-7(13-9)6-3-4-11-8(6)10/h6-8,10H,3-5H2,1-2H3/t6-,7-,8?/m1/s1. The predicted molar refractivity (Wildman–Crippen MR) is 45.0 cm³/mol. The zero-order chi connectivity index (χ0) is 9.47. The Bertz CT molecular complexity index is 192. The van der Waals surface area contributed by atoms with Gasteiger partial charge in [0, 0.05) is 5.92 Å². The molecular weight excluding hydrogens is 172 g/mol. The SMILES string of the molecule is CC1(C)OC[C@H]([C@H]2CCOC2O)O1. The fraction of sp³-hybridized carbons (Fsp3) is 1.00. The van der Waals surface area contributed by atoms with E-state index in [0.717, 1.165) is 6.42 Å². The maximum Gasteiger partial charge on any atom is 0.163 e. The van der Waals surface area contributed by atoms with Crippen molar-refractivity contribution in [3.63, 3.8) is 0 Å². The Morgan fingerprint density at radius 3 is 2.62 bits per heavy atom.